The van der Waals surface area contributed by atoms with Gasteiger partial charge in [-0.3, -0.25) is 9.59 Å². The van der Waals surface area contributed by atoms with E-state index in [4.69, 9.17) is 25.8 Å². The number of esters is 1. The fraction of sp³-hybridized carbons (Fsp3) is 0.300. The van der Waals surface area contributed by atoms with Gasteiger partial charge in [-0.15, -0.1) is 0 Å². The van der Waals surface area contributed by atoms with Crippen LogP contribution in [0.1, 0.15) is 18.9 Å². The number of hydrogen-bond acceptors (Lipinski definition) is 5. The van der Waals surface area contributed by atoms with E-state index < -0.39 is 18.0 Å². The Hall–Kier alpha value is -2.73. The molecule has 6 nitrogen and oxygen atoms in total. The van der Waals surface area contributed by atoms with Gasteiger partial charge in [0.1, 0.15) is 0 Å². The number of amides is 1. The summed E-state index contributed by atoms with van der Waals surface area (Å²) < 4.78 is 15.6. The van der Waals surface area contributed by atoms with Crippen LogP contribution < -0.4 is 14.8 Å². The highest BCUT2D eigenvalue weighted by Gasteiger charge is 2.18. The Bertz CT molecular complexity index is 791. The normalized spacial score (nSPS) is 11.4. The fourth-order valence-electron chi connectivity index (χ4n) is 2.37. The van der Waals surface area contributed by atoms with Crippen molar-refractivity contribution >= 4 is 29.2 Å². The first-order valence-corrected chi connectivity index (χ1v) is 8.77. The summed E-state index contributed by atoms with van der Waals surface area (Å²) in [5, 5.41) is 3.24. The van der Waals surface area contributed by atoms with E-state index in [1.54, 1.807) is 44.6 Å². The minimum atomic E-state index is -0.904. The van der Waals surface area contributed by atoms with Gasteiger partial charge in [-0.2, -0.15) is 0 Å². The van der Waals surface area contributed by atoms with Crippen molar-refractivity contribution in [1.29, 1.82) is 0 Å². The van der Waals surface area contributed by atoms with Crippen LogP contribution in [0.4, 0.5) is 5.69 Å². The van der Waals surface area contributed by atoms with Crippen molar-refractivity contribution in [2.45, 2.75) is 25.9 Å². The summed E-state index contributed by atoms with van der Waals surface area (Å²) in [6.45, 7) is 1.53. The molecule has 1 amide bonds. The summed E-state index contributed by atoms with van der Waals surface area (Å²) in [4.78, 5) is 24.1. The van der Waals surface area contributed by atoms with Gasteiger partial charge >= 0.3 is 5.97 Å². The third kappa shape index (κ3) is 6.18. The smallest absolute Gasteiger partial charge is 0.306 e. The predicted molar refractivity (Wildman–Crippen MR) is 104 cm³/mol. The lowest BCUT2D eigenvalue weighted by Gasteiger charge is -2.14. The summed E-state index contributed by atoms with van der Waals surface area (Å²) >= 11 is 5.80. The number of nitrogens with one attached hydrogen (secondary N) is 1. The Labute approximate surface area is 163 Å². The van der Waals surface area contributed by atoms with E-state index in [2.05, 4.69) is 5.32 Å². The minimum Gasteiger partial charge on any atom is -0.493 e. The van der Waals surface area contributed by atoms with E-state index in [0.717, 1.165) is 5.56 Å². The molecule has 2 rings (SSSR count). The van der Waals surface area contributed by atoms with E-state index >= 15 is 0 Å². The number of hydrogen-bond donors (Lipinski definition) is 1. The molecular weight excluding hydrogens is 370 g/mol. The Morgan fingerprint density at radius 3 is 2.33 bits per heavy atom. The Morgan fingerprint density at radius 2 is 1.70 bits per heavy atom. The lowest BCUT2D eigenvalue weighted by molar-refractivity contribution is -0.153. The molecule has 7 heteroatoms. The number of benzene rings is 2. The van der Waals surface area contributed by atoms with Crippen LogP contribution in [0.2, 0.25) is 5.02 Å². The molecule has 27 heavy (non-hydrogen) atoms. The van der Waals surface area contributed by atoms with Crippen LogP contribution >= 0.6 is 11.6 Å². The molecule has 0 aromatic heterocycles. The summed E-state index contributed by atoms with van der Waals surface area (Å²) in [6.07, 6.45) is -0.294. The Morgan fingerprint density at radius 1 is 1.04 bits per heavy atom. The van der Waals surface area contributed by atoms with Gasteiger partial charge in [-0.25, -0.2) is 0 Å². The molecule has 0 aliphatic heterocycles. The molecule has 0 aliphatic rings. The van der Waals surface area contributed by atoms with Crippen LogP contribution in [-0.4, -0.2) is 32.2 Å². The number of anilines is 1. The van der Waals surface area contributed by atoms with E-state index in [9.17, 15) is 9.59 Å². The third-order valence-electron chi connectivity index (χ3n) is 3.85. The Kier molecular flexibility index (Phi) is 7.49. The number of methoxy groups -OCH3 is 2. The van der Waals surface area contributed by atoms with Gasteiger partial charge in [0.2, 0.25) is 0 Å². The van der Waals surface area contributed by atoms with Crippen molar-refractivity contribution in [3.8, 4) is 11.5 Å². The maximum atomic E-state index is 12.1. The molecule has 2 aromatic carbocycles. The molecule has 1 N–H and O–H groups in total. The zero-order valence-corrected chi connectivity index (χ0v) is 16.2. The number of carbonyl (C=O) groups excluding carboxylic acids is 2. The van der Waals surface area contributed by atoms with Crippen LogP contribution in [-0.2, 0) is 20.7 Å². The van der Waals surface area contributed by atoms with Crippen molar-refractivity contribution < 1.29 is 23.8 Å². The van der Waals surface area contributed by atoms with Gasteiger partial charge in [-0.1, -0.05) is 17.7 Å². The van der Waals surface area contributed by atoms with Crippen molar-refractivity contribution in [3.63, 3.8) is 0 Å². The highest BCUT2D eigenvalue weighted by Crippen LogP contribution is 2.28. The molecule has 1 atom stereocenters. The van der Waals surface area contributed by atoms with Crippen LogP contribution in [0, 0.1) is 0 Å². The largest absolute Gasteiger partial charge is 0.493 e. The van der Waals surface area contributed by atoms with Crippen molar-refractivity contribution in [2.75, 3.05) is 19.5 Å². The van der Waals surface area contributed by atoms with Crippen LogP contribution in [0.25, 0.3) is 0 Å². The number of carbonyl (C=O) groups is 2. The summed E-state index contributed by atoms with van der Waals surface area (Å²) in [7, 11) is 3.11. The van der Waals surface area contributed by atoms with E-state index in [-0.39, 0.29) is 6.42 Å². The first kappa shape index (κ1) is 20.6. The number of aryl methyl sites for hydroxylation is 1. The maximum Gasteiger partial charge on any atom is 0.306 e. The molecule has 0 radical (unpaired) electrons. The summed E-state index contributed by atoms with van der Waals surface area (Å²) in [6, 6.07) is 12.1. The molecule has 0 bridgehead atoms. The average molecular weight is 392 g/mol. The molecule has 1 unspecified atom stereocenters. The summed E-state index contributed by atoms with van der Waals surface area (Å²) in [5.74, 6) is 0.357. The summed E-state index contributed by atoms with van der Waals surface area (Å²) in [5.41, 5.74) is 1.49. The second-order valence-corrected chi connectivity index (χ2v) is 6.25. The van der Waals surface area contributed by atoms with Crippen LogP contribution in [0.3, 0.4) is 0 Å². The SMILES string of the molecule is COc1ccc(CCC(=O)OC(C)C(=O)Nc2ccc(Cl)cc2)cc1OC. The second-order valence-electron chi connectivity index (χ2n) is 5.82. The monoisotopic (exact) mass is 391 g/mol. The number of rotatable bonds is 8. The molecule has 0 heterocycles. The number of halogens is 1. The van der Waals surface area contributed by atoms with Crippen LogP contribution in [0.5, 0.6) is 11.5 Å². The Balaban J connectivity index is 1.84. The third-order valence-corrected chi connectivity index (χ3v) is 4.11. The van der Waals surface area contributed by atoms with Crippen molar-refractivity contribution in [3.05, 3.63) is 53.1 Å². The van der Waals surface area contributed by atoms with Gasteiger partial charge in [0.05, 0.1) is 14.2 Å². The molecular formula is C20H22ClNO5. The zero-order chi connectivity index (χ0) is 19.8. The van der Waals surface area contributed by atoms with E-state index in [1.165, 1.54) is 6.92 Å². The molecule has 0 fully saturated rings. The van der Waals surface area contributed by atoms with Gasteiger partial charge < -0.3 is 19.5 Å². The lowest BCUT2D eigenvalue weighted by atomic mass is 10.1. The standard InChI is InChI=1S/C20H22ClNO5/c1-13(20(24)22-16-8-6-15(21)7-9-16)27-19(23)11-5-14-4-10-17(25-2)18(12-14)26-3/h4,6-10,12-13H,5,11H2,1-3H3,(H,22,24). The fourth-order valence-corrected chi connectivity index (χ4v) is 2.50. The number of ether oxygens (including phenoxy) is 3. The predicted octanol–water partition coefficient (Wildman–Crippen LogP) is 3.86. The molecule has 0 spiro atoms. The first-order valence-electron chi connectivity index (χ1n) is 8.39. The van der Waals surface area contributed by atoms with Gasteiger partial charge in [0.15, 0.2) is 17.6 Å². The molecule has 2 aromatic rings. The van der Waals surface area contributed by atoms with Gasteiger partial charge in [-0.05, 0) is 55.3 Å². The first-order chi connectivity index (χ1) is 12.9. The highest BCUT2D eigenvalue weighted by atomic mass is 35.5. The molecule has 0 saturated heterocycles. The highest BCUT2D eigenvalue weighted by molar-refractivity contribution is 6.30. The minimum absolute atomic E-state index is 0.147. The van der Waals surface area contributed by atoms with E-state index in [1.807, 2.05) is 12.1 Å². The average Bonchev–Trinajstić information content (AvgIpc) is 2.67. The molecule has 0 saturated carbocycles. The van der Waals surface area contributed by atoms with E-state index in [0.29, 0.717) is 28.6 Å². The van der Waals surface area contributed by atoms with Crippen molar-refractivity contribution in [2.24, 2.45) is 0 Å². The lowest BCUT2D eigenvalue weighted by Crippen LogP contribution is -2.30. The zero-order valence-electron chi connectivity index (χ0n) is 15.5. The van der Waals surface area contributed by atoms with Crippen LogP contribution in [0.15, 0.2) is 42.5 Å². The molecule has 0 aliphatic carbocycles. The van der Waals surface area contributed by atoms with Gasteiger partial charge in [0, 0.05) is 17.1 Å². The van der Waals surface area contributed by atoms with Gasteiger partial charge in [0.25, 0.3) is 5.91 Å². The quantitative estimate of drug-likeness (QED) is 0.691. The topological polar surface area (TPSA) is 73.9 Å². The maximum absolute atomic E-state index is 12.1. The molecule has 144 valence electrons. The van der Waals surface area contributed by atoms with Crippen molar-refractivity contribution in [1.82, 2.24) is 0 Å². The second kappa shape index (κ2) is 9.83.